The predicted octanol–water partition coefficient (Wildman–Crippen LogP) is 0.637. The lowest BCUT2D eigenvalue weighted by molar-refractivity contribution is 0.387. The molecule has 0 fully saturated rings. The van der Waals surface area contributed by atoms with Crippen molar-refractivity contribution in [2.75, 3.05) is 7.05 Å². The highest BCUT2D eigenvalue weighted by molar-refractivity contribution is 7.91. The molecule has 2 aromatic heterocycles. The van der Waals surface area contributed by atoms with Gasteiger partial charge in [-0.2, -0.15) is 4.98 Å². The molecule has 0 spiro atoms. The molecule has 2 N–H and O–H groups in total. The molecule has 0 saturated heterocycles. The van der Waals surface area contributed by atoms with Crippen LogP contribution in [-0.4, -0.2) is 25.6 Å². The first kappa shape index (κ1) is 14.1. The van der Waals surface area contributed by atoms with E-state index in [1.807, 2.05) is 12.4 Å². The molecule has 0 aromatic carbocycles. The fourth-order valence-corrected chi connectivity index (χ4v) is 3.67. The number of aromatic nitrogens is 2. The third kappa shape index (κ3) is 3.60. The van der Waals surface area contributed by atoms with Gasteiger partial charge in [0.2, 0.25) is 15.9 Å². The maximum Gasteiger partial charge on any atom is 0.250 e. The summed E-state index contributed by atoms with van der Waals surface area (Å²) >= 11 is 1.18. The molecule has 2 rings (SSSR count). The average Bonchev–Trinajstić information content (AvgIpc) is 2.97. The molecule has 2 aromatic rings. The molecule has 0 saturated carbocycles. The van der Waals surface area contributed by atoms with Crippen molar-refractivity contribution in [3.63, 3.8) is 0 Å². The number of sulfonamides is 1. The van der Waals surface area contributed by atoms with Gasteiger partial charge in [0.05, 0.1) is 6.54 Å². The minimum Gasteiger partial charge on any atom is -0.340 e. The van der Waals surface area contributed by atoms with Crippen LogP contribution in [0.2, 0.25) is 0 Å². The molecule has 0 radical (unpaired) electrons. The Morgan fingerprint density at radius 1 is 1.42 bits per heavy atom. The van der Waals surface area contributed by atoms with Crippen LogP contribution in [0.3, 0.4) is 0 Å². The van der Waals surface area contributed by atoms with Crippen molar-refractivity contribution in [1.82, 2.24) is 20.2 Å². The highest BCUT2D eigenvalue weighted by atomic mass is 32.2. The molecule has 7 nitrogen and oxygen atoms in total. The van der Waals surface area contributed by atoms with Gasteiger partial charge in [-0.3, -0.25) is 0 Å². The Kier molecular flexibility index (Phi) is 4.30. The topological polar surface area (TPSA) is 97.1 Å². The van der Waals surface area contributed by atoms with Crippen molar-refractivity contribution in [1.29, 1.82) is 0 Å². The Labute approximate surface area is 115 Å². The summed E-state index contributed by atoms with van der Waals surface area (Å²) < 4.78 is 31.5. The average molecular weight is 302 g/mol. The highest BCUT2D eigenvalue weighted by Crippen LogP contribution is 2.20. The van der Waals surface area contributed by atoms with E-state index >= 15 is 0 Å². The van der Waals surface area contributed by atoms with Crippen molar-refractivity contribution < 1.29 is 12.9 Å². The van der Waals surface area contributed by atoms with Gasteiger partial charge < -0.3 is 9.84 Å². The first-order valence-electron chi connectivity index (χ1n) is 5.52. The zero-order valence-electron chi connectivity index (χ0n) is 10.5. The summed E-state index contributed by atoms with van der Waals surface area (Å²) in [5, 5.41) is 8.41. The van der Waals surface area contributed by atoms with E-state index in [9.17, 15) is 8.42 Å². The van der Waals surface area contributed by atoms with Gasteiger partial charge in [-0.1, -0.05) is 5.16 Å². The summed E-state index contributed by atoms with van der Waals surface area (Å²) in [7, 11) is -1.72. The van der Waals surface area contributed by atoms with Crippen LogP contribution in [-0.2, 0) is 23.1 Å². The third-order valence-corrected chi connectivity index (χ3v) is 5.16. The Balaban J connectivity index is 2.04. The molecular weight excluding hydrogens is 288 g/mol. The van der Waals surface area contributed by atoms with Crippen LogP contribution in [0.5, 0.6) is 0 Å². The van der Waals surface area contributed by atoms with Crippen LogP contribution in [0.4, 0.5) is 0 Å². The second-order valence-corrected chi connectivity index (χ2v) is 6.76. The van der Waals surface area contributed by atoms with E-state index in [0.717, 1.165) is 5.56 Å². The van der Waals surface area contributed by atoms with E-state index in [1.165, 1.54) is 11.3 Å². The summed E-state index contributed by atoms with van der Waals surface area (Å²) in [4.78, 5) is 3.93. The molecule has 0 aliphatic heterocycles. The monoisotopic (exact) mass is 302 g/mol. The molecular formula is C10H14N4O3S2. The molecule has 0 aliphatic rings. The maximum atomic E-state index is 12.0. The zero-order valence-corrected chi connectivity index (χ0v) is 12.1. The first-order chi connectivity index (χ1) is 9.01. The molecule has 0 amide bonds. The molecule has 0 bridgehead atoms. The Morgan fingerprint density at radius 2 is 2.21 bits per heavy atom. The van der Waals surface area contributed by atoms with E-state index < -0.39 is 10.0 Å². The number of thiophene rings is 1. The van der Waals surface area contributed by atoms with Crippen molar-refractivity contribution in [2.24, 2.45) is 0 Å². The van der Waals surface area contributed by atoms with Crippen molar-refractivity contribution in [3.05, 3.63) is 28.7 Å². The lowest BCUT2D eigenvalue weighted by Crippen LogP contribution is -2.23. The second-order valence-electron chi connectivity index (χ2n) is 3.86. The smallest absolute Gasteiger partial charge is 0.250 e. The minimum atomic E-state index is -3.53. The highest BCUT2D eigenvalue weighted by Gasteiger charge is 2.17. The van der Waals surface area contributed by atoms with Crippen LogP contribution in [0, 0.1) is 6.92 Å². The van der Waals surface area contributed by atoms with E-state index in [2.05, 4.69) is 20.2 Å². The van der Waals surface area contributed by atoms with E-state index in [4.69, 9.17) is 4.52 Å². The van der Waals surface area contributed by atoms with Crippen LogP contribution >= 0.6 is 11.3 Å². The number of hydrogen-bond acceptors (Lipinski definition) is 7. The van der Waals surface area contributed by atoms with Gasteiger partial charge in [-0.05, 0) is 24.1 Å². The lowest BCUT2D eigenvalue weighted by atomic mass is 10.3. The molecule has 0 atom stereocenters. The number of rotatable bonds is 6. The van der Waals surface area contributed by atoms with Crippen molar-refractivity contribution >= 4 is 21.4 Å². The largest absolute Gasteiger partial charge is 0.340 e. The van der Waals surface area contributed by atoms with E-state index in [0.29, 0.717) is 18.3 Å². The van der Waals surface area contributed by atoms with Crippen molar-refractivity contribution in [3.8, 4) is 0 Å². The predicted molar refractivity (Wildman–Crippen MR) is 70.1 cm³/mol. The zero-order chi connectivity index (χ0) is 13.9. The third-order valence-electron chi connectivity index (χ3n) is 2.27. The van der Waals surface area contributed by atoms with Crippen LogP contribution in [0.1, 0.15) is 17.3 Å². The molecule has 0 unspecified atom stereocenters. The summed E-state index contributed by atoms with van der Waals surface area (Å²) in [6.45, 7) is 2.29. The number of nitrogens with one attached hydrogen (secondary N) is 2. The van der Waals surface area contributed by atoms with Gasteiger partial charge in [0.15, 0.2) is 5.82 Å². The SMILES string of the molecule is CNCc1csc(S(=O)(=O)NCc2noc(C)n2)c1. The molecule has 0 aliphatic carbocycles. The van der Waals surface area contributed by atoms with E-state index in [1.54, 1.807) is 13.0 Å². The molecule has 2 heterocycles. The van der Waals surface area contributed by atoms with Gasteiger partial charge in [-0.15, -0.1) is 11.3 Å². The summed E-state index contributed by atoms with van der Waals surface area (Å²) in [6.07, 6.45) is 0. The summed E-state index contributed by atoms with van der Waals surface area (Å²) in [5.41, 5.74) is 0.934. The summed E-state index contributed by atoms with van der Waals surface area (Å²) in [5.74, 6) is 0.717. The second kappa shape index (κ2) is 5.78. The fourth-order valence-electron chi connectivity index (χ4n) is 1.43. The minimum absolute atomic E-state index is 0.0128. The normalized spacial score (nSPS) is 11.9. The van der Waals surface area contributed by atoms with Crippen LogP contribution in [0.15, 0.2) is 20.2 Å². The van der Waals surface area contributed by atoms with Crippen molar-refractivity contribution in [2.45, 2.75) is 24.2 Å². The Morgan fingerprint density at radius 3 is 2.84 bits per heavy atom. The van der Waals surface area contributed by atoms with Gasteiger partial charge in [0.1, 0.15) is 4.21 Å². The van der Waals surface area contributed by atoms with Crippen LogP contribution in [0.25, 0.3) is 0 Å². The first-order valence-corrected chi connectivity index (χ1v) is 7.88. The summed E-state index contributed by atoms with van der Waals surface area (Å²) in [6, 6.07) is 1.64. The lowest BCUT2D eigenvalue weighted by Gasteiger charge is -2.01. The van der Waals surface area contributed by atoms with Gasteiger partial charge in [0.25, 0.3) is 0 Å². The Bertz CT molecular complexity index is 647. The quantitative estimate of drug-likeness (QED) is 0.812. The van der Waals surface area contributed by atoms with Gasteiger partial charge in [-0.25, -0.2) is 13.1 Å². The van der Waals surface area contributed by atoms with E-state index in [-0.39, 0.29) is 10.8 Å². The van der Waals surface area contributed by atoms with Gasteiger partial charge >= 0.3 is 0 Å². The maximum absolute atomic E-state index is 12.0. The number of nitrogens with zero attached hydrogens (tertiary/aromatic N) is 2. The standard InChI is InChI=1S/C10H14N4O3S2/c1-7-13-9(14-17-7)5-12-19(15,16)10-3-8(4-11-2)6-18-10/h3,6,11-12H,4-5H2,1-2H3. The molecule has 104 valence electrons. The number of hydrogen-bond donors (Lipinski definition) is 2. The molecule has 9 heteroatoms. The Hall–Kier alpha value is -1.29. The van der Waals surface area contributed by atoms with Crippen LogP contribution < -0.4 is 10.0 Å². The van der Waals surface area contributed by atoms with Gasteiger partial charge in [0, 0.05) is 13.5 Å². The molecule has 19 heavy (non-hydrogen) atoms. The fraction of sp³-hybridized carbons (Fsp3) is 0.400. The number of aryl methyl sites for hydroxylation is 1.